The summed E-state index contributed by atoms with van der Waals surface area (Å²) in [4.78, 5) is 2.22. The van der Waals surface area contributed by atoms with Gasteiger partial charge in [0, 0.05) is 12.1 Å². The van der Waals surface area contributed by atoms with Gasteiger partial charge in [-0.15, -0.1) is 5.10 Å². The Morgan fingerprint density at radius 3 is 2.69 bits per heavy atom. The van der Waals surface area contributed by atoms with Gasteiger partial charge in [-0.05, 0) is 59.8 Å². The number of likely N-dealkylation sites (N-methyl/N-ethyl adjacent to an activating group) is 1. The maximum atomic E-state index is 5.78. The Balaban J connectivity index is 1.66. The Morgan fingerprint density at radius 1 is 1.10 bits per heavy atom. The van der Waals surface area contributed by atoms with Crippen LogP contribution in [0.15, 0.2) is 30.3 Å². The van der Waals surface area contributed by atoms with E-state index in [0.29, 0.717) is 17.3 Å². The van der Waals surface area contributed by atoms with E-state index in [4.69, 9.17) is 18.9 Å². The summed E-state index contributed by atoms with van der Waals surface area (Å²) in [7, 11) is 5.35. The largest absolute Gasteiger partial charge is 0.497 e. The van der Waals surface area contributed by atoms with Crippen molar-refractivity contribution in [1.29, 1.82) is 0 Å². The minimum Gasteiger partial charge on any atom is -0.497 e. The number of benzene rings is 2. The first-order valence-electron chi connectivity index (χ1n) is 9.33. The molecular weight excluding hydrogens is 374 g/mol. The van der Waals surface area contributed by atoms with Gasteiger partial charge in [0.2, 0.25) is 12.5 Å². The van der Waals surface area contributed by atoms with Crippen LogP contribution in [0.1, 0.15) is 23.0 Å². The second-order valence-corrected chi connectivity index (χ2v) is 7.00. The summed E-state index contributed by atoms with van der Waals surface area (Å²) in [6.07, 6.45) is 0.874. The fourth-order valence-electron chi connectivity index (χ4n) is 4.03. The van der Waals surface area contributed by atoms with Crippen LogP contribution < -0.4 is 18.9 Å². The molecule has 0 saturated carbocycles. The van der Waals surface area contributed by atoms with E-state index in [0.717, 1.165) is 41.3 Å². The van der Waals surface area contributed by atoms with Crippen LogP contribution in [0.5, 0.6) is 23.0 Å². The number of rotatable bonds is 4. The maximum absolute atomic E-state index is 5.78. The van der Waals surface area contributed by atoms with Crippen LogP contribution in [0, 0.1) is 0 Å². The highest BCUT2D eigenvalue weighted by molar-refractivity contribution is 5.62. The second-order valence-electron chi connectivity index (χ2n) is 7.00. The number of tetrazole rings is 1. The molecule has 2 aliphatic heterocycles. The first-order valence-corrected chi connectivity index (χ1v) is 9.33. The molecular formula is C20H21N5O4. The molecule has 9 nitrogen and oxygen atoms in total. The number of fused-ring (bicyclic) bond motifs is 2. The average Bonchev–Trinajstić information content (AvgIpc) is 3.42. The van der Waals surface area contributed by atoms with Crippen LogP contribution in [0.25, 0.3) is 5.69 Å². The van der Waals surface area contributed by atoms with Crippen LogP contribution in [-0.4, -0.2) is 59.7 Å². The first kappa shape index (κ1) is 17.7. The van der Waals surface area contributed by atoms with Crippen molar-refractivity contribution in [3.8, 4) is 28.7 Å². The Labute approximate surface area is 167 Å². The number of nitrogens with zero attached hydrogens (tertiary/aromatic N) is 5. The molecule has 1 unspecified atom stereocenters. The highest BCUT2D eigenvalue weighted by atomic mass is 16.7. The van der Waals surface area contributed by atoms with Crippen molar-refractivity contribution in [1.82, 2.24) is 25.1 Å². The molecule has 0 radical (unpaired) electrons. The van der Waals surface area contributed by atoms with E-state index in [-0.39, 0.29) is 12.8 Å². The summed E-state index contributed by atoms with van der Waals surface area (Å²) in [5.74, 6) is 3.51. The lowest BCUT2D eigenvalue weighted by Gasteiger charge is -2.34. The molecule has 0 bridgehead atoms. The van der Waals surface area contributed by atoms with Gasteiger partial charge in [0.05, 0.1) is 19.9 Å². The summed E-state index contributed by atoms with van der Waals surface area (Å²) in [5, 5.41) is 12.6. The Kier molecular flexibility index (Phi) is 4.24. The minimum absolute atomic E-state index is 0.193. The third kappa shape index (κ3) is 2.77. The van der Waals surface area contributed by atoms with Gasteiger partial charge in [-0.1, -0.05) is 0 Å². The van der Waals surface area contributed by atoms with Gasteiger partial charge in [0.1, 0.15) is 11.8 Å². The third-order valence-electron chi connectivity index (χ3n) is 5.45. The quantitative estimate of drug-likeness (QED) is 0.663. The zero-order valence-corrected chi connectivity index (χ0v) is 16.5. The maximum Gasteiger partial charge on any atom is 0.231 e. The van der Waals surface area contributed by atoms with Gasteiger partial charge in [0.25, 0.3) is 0 Å². The van der Waals surface area contributed by atoms with Crippen LogP contribution in [0.3, 0.4) is 0 Å². The Bertz CT molecular complexity index is 1050. The van der Waals surface area contributed by atoms with E-state index in [2.05, 4.69) is 27.5 Å². The molecule has 0 aliphatic carbocycles. The van der Waals surface area contributed by atoms with E-state index in [1.807, 2.05) is 30.3 Å². The minimum atomic E-state index is -0.194. The van der Waals surface area contributed by atoms with Gasteiger partial charge >= 0.3 is 0 Å². The van der Waals surface area contributed by atoms with Crippen molar-refractivity contribution in [2.45, 2.75) is 12.5 Å². The zero-order valence-electron chi connectivity index (χ0n) is 16.5. The summed E-state index contributed by atoms with van der Waals surface area (Å²) in [6.45, 7) is 1.05. The SMILES string of the molecule is COc1ccc(-n2nnnc2C2c3c(cc4c(c3OC)OCO4)CCN2C)cc1. The highest BCUT2D eigenvalue weighted by Crippen LogP contribution is 2.50. The molecule has 0 N–H and O–H groups in total. The molecule has 3 aromatic rings. The van der Waals surface area contributed by atoms with Crippen molar-refractivity contribution in [3.05, 3.63) is 47.3 Å². The van der Waals surface area contributed by atoms with Crippen molar-refractivity contribution < 1.29 is 18.9 Å². The fourth-order valence-corrected chi connectivity index (χ4v) is 4.03. The molecule has 2 aliphatic rings. The van der Waals surface area contributed by atoms with Crippen LogP contribution >= 0.6 is 0 Å². The first-order chi connectivity index (χ1) is 14.2. The number of hydrogen-bond acceptors (Lipinski definition) is 8. The Hall–Kier alpha value is -3.33. The topological polar surface area (TPSA) is 83.8 Å². The van der Waals surface area contributed by atoms with E-state index in [1.54, 1.807) is 18.9 Å². The molecule has 150 valence electrons. The monoisotopic (exact) mass is 395 g/mol. The highest BCUT2D eigenvalue weighted by Gasteiger charge is 2.37. The molecule has 1 aromatic heterocycles. The van der Waals surface area contributed by atoms with Crippen molar-refractivity contribution in [2.24, 2.45) is 0 Å². The van der Waals surface area contributed by atoms with Gasteiger partial charge in [0.15, 0.2) is 17.3 Å². The molecule has 0 spiro atoms. The number of aromatic nitrogens is 4. The van der Waals surface area contributed by atoms with E-state index < -0.39 is 0 Å². The zero-order chi connectivity index (χ0) is 20.0. The van der Waals surface area contributed by atoms with Gasteiger partial charge in [-0.25, -0.2) is 0 Å². The number of methoxy groups -OCH3 is 2. The van der Waals surface area contributed by atoms with Crippen molar-refractivity contribution >= 4 is 0 Å². The van der Waals surface area contributed by atoms with E-state index in [9.17, 15) is 0 Å². The predicted molar refractivity (Wildman–Crippen MR) is 103 cm³/mol. The summed E-state index contributed by atoms with van der Waals surface area (Å²) < 4.78 is 24.1. The van der Waals surface area contributed by atoms with Crippen LogP contribution in [0.4, 0.5) is 0 Å². The number of ether oxygens (including phenoxy) is 4. The lowest BCUT2D eigenvalue weighted by atomic mass is 9.90. The molecule has 3 heterocycles. The molecule has 1 atom stereocenters. The molecule has 0 amide bonds. The second kappa shape index (κ2) is 6.93. The van der Waals surface area contributed by atoms with Crippen molar-refractivity contribution in [3.63, 3.8) is 0 Å². The fraction of sp³-hybridized carbons (Fsp3) is 0.350. The van der Waals surface area contributed by atoms with Crippen LogP contribution in [-0.2, 0) is 6.42 Å². The third-order valence-corrected chi connectivity index (χ3v) is 5.45. The summed E-state index contributed by atoms with van der Waals surface area (Å²) >= 11 is 0. The molecule has 0 fully saturated rings. The standard InChI is InChI=1S/C20H21N5O4/c1-24-9-8-12-10-15-18(29-11-28-15)19(27-3)16(12)17(24)20-21-22-23-25(20)13-4-6-14(26-2)7-5-13/h4-7,10,17H,8-9,11H2,1-3H3. The van der Waals surface area contributed by atoms with Gasteiger partial charge in [-0.3, -0.25) is 4.90 Å². The predicted octanol–water partition coefficient (Wildman–Crippen LogP) is 1.99. The van der Waals surface area contributed by atoms with E-state index >= 15 is 0 Å². The summed E-state index contributed by atoms with van der Waals surface area (Å²) in [6, 6.07) is 9.48. The molecule has 29 heavy (non-hydrogen) atoms. The molecule has 5 rings (SSSR count). The normalized spacial score (nSPS) is 17.8. The van der Waals surface area contributed by atoms with Gasteiger partial charge in [-0.2, -0.15) is 4.68 Å². The average molecular weight is 395 g/mol. The summed E-state index contributed by atoms with van der Waals surface area (Å²) in [5.41, 5.74) is 3.01. The smallest absolute Gasteiger partial charge is 0.231 e. The lowest BCUT2D eigenvalue weighted by Crippen LogP contribution is -2.35. The molecule has 0 saturated heterocycles. The molecule has 9 heteroatoms. The van der Waals surface area contributed by atoms with Crippen LogP contribution in [0.2, 0.25) is 0 Å². The van der Waals surface area contributed by atoms with Gasteiger partial charge < -0.3 is 18.9 Å². The number of hydrogen-bond donors (Lipinski definition) is 0. The molecule has 2 aromatic carbocycles. The van der Waals surface area contributed by atoms with Crippen molar-refractivity contribution in [2.75, 3.05) is 34.6 Å². The Morgan fingerprint density at radius 2 is 1.93 bits per heavy atom. The van der Waals surface area contributed by atoms with E-state index in [1.165, 1.54) is 0 Å². The lowest BCUT2D eigenvalue weighted by molar-refractivity contribution is 0.170.